The summed E-state index contributed by atoms with van der Waals surface area (Å²) in [5.74, 6) is 0.521. The molecular weight excluding hydrogens is 262 g/mol. The molecule has 6 heteroatoms. The van der Waals surface area contributed by atoms with Crippen LogP contribution in [0.5, 0.6) is 0 Å². The maximum atomic E-state index is 11.6. The van der Waals surface area contributed by atoms with Crippen LogP contribution in [0.3, 0.4) is 0 Å². The summed E-state index contributed by atoms with van der Waals surface area (Å²) in [5.41, 5.74) is 0.304. The van der Waals surface area contributed by atoms with Crippen LogP contribution < -0.4 is 4.90 Å². The van der Waals surface area contributed by atoms with Crippen molar-refractivity contribution in [2.45, 2.75) is 6.42 Å². The van der Waals surface area contributed by atoms with E-state index in [-0.39, 0.29) is 17.7 Å². The maximum absolute atomic E-state index is 11.6. The minimum atomic E-state index is -0.0206. The Bertz CT molecular complexity index is 423. The van der Waals surface area contributed by atoms with Crippen molar-refractivity contribution < 1.29 is 9.32 Å². The van der Waals surface area contributed by atoms with Gasteiger partial charge in [0.05, 0.1) is 6.20 Å². The first-order valence-electron chi connectivity index (χ1n) is 4.47. The van der Waals surface area contributed by atoms with E-state index in [0.717, 1.165) is 5.33 Å². The van der Waals surface area contributed by atoms with Gasteiger partial charge in [-0.25, -0.2) is 0 Å². The number of carbonyl (C=O) groups is 1. The van der Waals surface area contributed by atoms with Crippen molar-refractivity contribution in [1.29, 1.82) is 5.26 Å². The molecule has 5 nitrogen and oxygen atoms in total. The summed E-state index contributed by atoms with van der Waals surface area (Å²) >= 11 is 3.34. The normalized spacial score (nSPS) is 20.7. The number of aromatic nitrogens is 1. The fourth-order valence-electron chi connectivity index (χ4n) is 1.59. The highest BCUT2D eigenvalue weighted by Crippen LogP contribution is 2.28. The molecule has 0 aliphatic carbocycles. The highest BCUT2D eigenvalue weighted by molar-refractivity contribution is 9.09. The molecule has 0 bridgehead atoms. The van der Waals surface area contributed by atoms with Crippen molar-refractivity contribution in [3.05, 3.63) is 11.8 Å². The fourth-order valence-corrected chi connectivity index (χ4v) is 2.02. The van der Waals surface area contributed by atoms with Crippen LogP contribution in [0.2, 0.25) is 0 Å². The van der Waals surface area contributed by atoms with Crippen LogP contribution in [0.1, 0.15) is 12.0 Å². The molecule has 1 aliphatic rings. The van der Waals surface area contributed by atoms with Gasteiger partial charge in [0, 0.05) is 18.3 Å². The number of rotatable bonds is 2. The van der Waals surface area contributed by atoms with E-state index < -0.39 is 0 Å². The Balaban J connectivity index is 2.26. The summed E-state index contributed by atoms with van der Waals surface area (Å²) in [6.07, 6.45) is 1.81. The van der Waals surface area contributed by atoms with Gasteiger partial charge in [-0.15, -0.1) is 0 Å². The summed E-state index contributed by atoms with van der Waals surface area (Å²) < 4.78 is 4.92. The summed E-state index contributed by atoms with van der Waals surface area (Å²) in [4.78, 5) is 13.1. The molecule has 1 aliphatic heterocycles. The molecule has 15 heavy (non-hydrogen) atoms. The van der Waals surface area contributed by atoms with E-state index in [4.69, 9.17) is 9.78 Å². The van der Waals surface area contributed by atoms with Crippen LogP contribution in [0.4, 0.5) is 5.88 Å². The van der Waals surface area contributed by atoms with E-state index in [1.807, 2.05) is 6.07 Å². The molecule has 1 fully saturated rings. The maximum Gasteiger partial charge on any atom is 0.251 e. The third kappa shape index (κ3) is 1.75. The van der Waals surface area contributed by atoms with Gasteiger partial charge < -0.3 is 4.52 Å². The average molecular weight is 270 g/mol. The summed E-state index contributed by atoms with van der Waals surface area (Å²) in [7, 11) is 0. The Labute approximate surface area is 94.8 Å². The first-order chi connectivity index (χ1) is 7.26. The molecular formula is C9H8BrN3O2. The molecule has 1 aromatic rings. The van der Waals surface area contributed by atoms with Crippen LogP contribution in [0.25, 0.3) is 0 Å². The van der Waals surface area contributed by atoms with E-state index in [1.165, 1.54) is 11.1 Å². The molecule has 1 saturated heterocycles. The Kier molecular flexibility index (Phi) is 2.73. The van der Waals surface area contributed by atoms with Gasteiger partial charge in [-0.2, -0.15) is 5.26 Å². The standard InChI is InChI=1S/C9H8BrN3O2/c10-2-6-1-8(14)13(5-6)9-7(3-11)4-12-15-9/h4,6H,1-2,5H2. The van der Waals surface area contributed by atoms with E-state index >= 15 is 0 Å². The lowest BCUT2D eigenvalue weighted by Gasteiger charge is -2.11. The predicted molar refractivity (Wildman–Crippen MR) is 55.5 cm³/mol. The topological polar surface area (TPSA) is 70.1 Å². The molecule has 1 amide bonds. The highest BCUT2D eigenvalue weighted by Gasteiger charge is 2.33. The lowest BCUT2D eigenvalue weighted by molar-refractivity contribution is -0.117. The van der Waals surface area contributed by atoms with Crippen molar-refractivity contribution in [3.8, 4) is 6.07 Å². The largest absolute Gasteiger partial charge is 0.337 e. The third-order valence-corrected chi connectivity index (χ3v) is 3.26. The van der Waals surface area contributed by atoms with Crippen LogP contribution in [0.15, 0.2) is 10.7 Å². The molecule has 2 rings (SSSR count). The lowest BCUT2D eigenvalue weighted by atomic mass is 10.2. The number of nitrogens with zero attached hydrogens (tertiary/aromatic N) is 3. The lowest BCUT2D eigenvalue weighted by Crippen LogP contribution is -2.24. The Morgan fingerprint density at radius 3 is 3.20 bits per heavy atom. The molecule has 0 spiro atoms. The number of amides is 1. The quantitative estimate of drug-likeness (QED) is 0.759. The summed E-state index contributed by atoms with van der Waals surface area (Å²) in [6, 6.07) is 1.94. The third-order valence-electron chi connectivity index (χ3n) is 2.34. The number of hydrogen-bond acceptors (Lipinski definition) is 4. The van der Waals surface area contributed by atoms with Crippen molar-refractivity contribution in [3.63, 3.8) is 0 Å². The van der Waals surface area contributed by atoms with Crippen molar-refractivity contribution in [1.82, 2.24) is 5.16 Å². The SMILES string of the molecule is N#Cc1cnoc1N1CC(CBr)CC1=O. The number of carbonyl (C=O) groups excluding carboxylic acids is 1. The van der Waals surface area contributed by atoms with Crippen LogP contribution in [-0.2, 0) is 4.79 Å². The van der Waals surface area contributed by atoms with E-state index in [0.29, 0.717) is 18.5 Å². The van der Waals surface area contributed by atoms with Gasteiger partial charge in [-0.3, -0.25) is 9.69 Å². The van der Waals surface area contributed by atoms with Crippen molar-refractivity contribution in [2.75, 3.05) is 16.8 Å². The molecule has 0 saturated carbocycles. The summed E-state index contributed by atoms with van der Waals surface area (Å²) in [5, 5.41) is 13.1. The van der Waals surface area contributed by atoms with Crippen LogP contribution in [-0.4, -0.2) is 22.9 Å². The average Bonchev–Trinajstić information content (AvgIpc) is 2.82. The first kappa shape index (κ1) is 10.2. The van der Waals surface area contributed by atoms with Gasteiger partial charge in [-0.05, 0) is 5.92 Å². The zero-order valence-electron chi connectivity index (χ0n) is 7.81. The molecule has 2 heterocycles. The zero-order chi connectivity index (χ0) is 10.8. The molecule has 0 radical (unpaired) electrons. The second-order valence-electron chi connectivity index (χ2n) is 3.39. The monoisotopic (exact) mass is 269 g/mol. The Morgan fingerprint density at radius 2 is 2.60 bits per heavy atom. The molecule has 1 atom stereocenters. The Morgan fingerprint density at radius 1 is 1.80 bits per heavy atom. The minimum Gasteiger partial charge on any atom is -0.337 e. The van der Waals surface area contributed by atoms with Gasteiger partial charge in [-0.1, -0.05) is 21.1 Å². The molecule has 1 aromatic heterocycles. The van der Waals surface area contributed by atoms with E-state index in [2.05, 4.69) is 21.1 Å². The van der Waals surface area contributed by atoms with Crippen molar-refractivity contribution >= 4 is 27.7 Å². The number of halogens is 1. The smallest absolute Gasteiger partial charge is 0.251 e. The Hall–Kier alpha value is -1.35. The van der Waals surface area contributed by atoms with Gasteiger partial charge in [0.1, 0.15) is 11.6 Å². The van der Waals surface area contributed by atoms with Gasteiger partial charge in [0.2, 0.25) is 5.91 Å². The number of alkyl halides is 1. The minimum absolute atomic E-state index is 0.0206. The second-order valence-corrected chi connectivity index (χ2v) is 4.03. The molecule has 0 N–H and O–H groups in total. The van der Waals surface area contributed by atoms with Gasteiger partial charge in [0.25, 0.3) is 5.88 Å². The van der Waals surface area contributed by atoms with E-state index in [1.54, 1.807) is 0 Å². The van der Waals surface area contributed by atoms with Crippen LogP contribution in [0, 0.1) is 17.2 Å². The highest BCUT2D eigenvalue weighted by atomic mass is 79.9. The predicted octanol–water partition coefficient (Wildman–Crippen LogP) is 1.29. The number of anilines is 1. The zero-order valence-corrected chi connectivity index (χ0v) is 9.40. The number of nitriles is 1. The van der Waals surface area contributed by atoms with Gasteiger partial charge in [0.15, 0.2) is 0 Å². The molecule has 1 unspecified atom stereocenters. The molecule has 78 valence electrons. The fraction of sp³-hybridized carbons (Fsp3) is 0.444. The second kappa shape index (κ2) is 4.03. The van der Waals surface area contributed by atoms with E-state index in [9.17, 15) is 4.79 Å². The van der Waals surface area contributed by atoms with Gasteiger partial charge >= 0.3 is 0 Å². The summed E-state index contributed by atoms with van der Waals surface area (Å²) in [6.45, 7) is 0.577. The van der Waals surface area contributed by atoms with Crippen molar-refractivity contribution in [2.24, 2.45) is 5.92 Å². The molecule has 0 aromatic carbocycles. The first-order valence-corrected chi connectivity index (χ1v) is 5.59. The van der Waals surface area contributed by atoms with Crippen LogP contribution >= 0.6 is 15.9 Å². The number of hydrogen-bond donors (Lipinski definition) is 0.